The van der Waals surface area contributed by atoms with E-state index in [1.807, 2.05) is 0 Å². The first-order valence-electron chi connectivity index (χ1n) is 6.30. The maximum absolute atomic E-state index is 11.2. The summed E-state index contributed by atoms with van der Waals surface area (Å²) in [5, 5.41) is 9.18. The number of likely N-dealkylation sites (N-methyl/N-ethyl adjacent to an activating group) is 1. The van der Waals surface area contributed by atoms with Crippen molar-refractivity contribution in [2.24, 2.45) is 0 Å². The molecular formula is C13H19N3O2. The molecule has 2 rings (SSSR count). The molecule has 1 N–H and O–H groups in total. The van der Waals surface area contributed by atoms with Crippen molar-refractivity contribution in [2.45, 2.75) is 19.9 Å². The Hall–Kier alpha value is -1.62. The van der Waals surface area contributed by atoms with Gasteiger partial charge in [0.2, 0.25) is 0 Å². The second-order valence-electron chi connectivity index (χ2n) is 4.60. The zero-order valence-electron chi connectivity index (χ0n) is 10.8. The lowest BCUT2D eigenvalue weighted by molar-refractivity contribution is 0.0696. The Kier molecular flexibility index (Phi) is 3.81. The Bertz CT molecular complexity index is 436. The predicted octanol–water partition coefficient (Wildman–Crippen LogP) is 1.31. The molecule has 2 heterocycles. The molecule has 0 aromatic carbocycles. The van der Waals surface area contributed by atoms with Gasteiger partial charge in [0.1, 0.15) is 11.4 Å². The van der Waals surface area contributed by atoms with E-state index in [1.165, 1.54) is 0 Å². The van der Waals surface area contributed by atoms with Crippen LogP contribution in [-0.4, -0.2) is 53.2 Å². The van der Waals surface area contributed by atoms with Gasteiger partial charge in [0.05, 0.1) is 0 Å². The van der Waals surface area contributed by atoms with Crippen LogP contribution in [0.3, 0.4) is 0 Å². The summed E-state index contributed by atoms with van der Waals surface area (Å²) in [5.74, 6) is -0.323. The van der Waals surface area contributed by atoms with E-state index in [0.717, 1.165) is 26.2 Å². The highest BCUT2D eigenvalue weighted by atomic mass is 16.4. The number of piperazine rings is 1. The average molecular weight is 249 g/mol. The molecule has 5 nitrogen and oxygen atoms in total. The lowest BCUT2D eigenvalue weighted by Crippen LogP contribution is -2.52. The van der Waals surface area contributed by atoms with Crippen molar-refractivity contribution >= 4 is 11.8 Å². The minimum atomic E-state index is -0.913. The molecule has 5 heteroatoms. The molecule has 0 saturated carbocycles. The minimum Gasteiger partial charge on any atom is -0.478 e. The zero-order valence-corrected chi connectivity index (χ0v) is 10.8. The smallest absolute Gasteiger partial charge is 0.339 e. The van der Waals surface area contributed by atoms with Gasteiger partial charge in [0.25, 0.3) is 0 Å². The number of carboxylic acids is 1. The van der Waals surface area contributed by atoms with Crippen LogP contribution in [0, 0.1) is 0 Å². The molecule has 1 aliphatic rings. The van der Waals surface area contributed by atoms with Crippen molar-refractivity contribution in [3.05, 3.63) is 23.9 Å². The molecule has 1 fully saturated rings. The maximum atomic E-state index is 11.2. The number of nitrogens with zero attached hydrogens (tertiary/aromatic N) is 3. The summed E-state index contributed by atoms with van der Waals surface area (Å²) in [5.41, 5.74) is 0.287. The van der Waals surface area contributed by atoms with Gasteiger partial charge in [-0.2, -0.15) is 0 Å². The Labute approximate surface area is 107 Å². The van der Waals surface area contributed by atoms with E-state index in [-0.39, 0.29) is 5.56 Å². The van der Waals surface area contributed by atoms with Crippen molar-refractivity contribution in [3.8, 4) is 0 Å². The Morgan fingerprint density at radius 1 is 1.56 bits per heavy atom. The Balaban J connectivity index is 2.20. The fourth-order valence-electron chi connectivity index (χ4n) is 2.47. The number of pyridine rings is 1. The number of aromatic nitrogens is 1. The van der Waals surface area contributed by atoms with Crippen LogP contribution in [0.4, 0.5) is 5.82 Å². The van der Waals surface area contributed by atoms with E-state index in [4.69, 9.17) is 0 Å². The van der Waals surface area contributed by atoms with Crippen molar-refractivity contribution in [1.29, 1.82) is 0 Å². The number of anilines is 1. The highest BCUT2D eigenvalue weighted by Crippen LogP contribution is 2.20. The quantitative estimate of drug-likeness (QED) is 0.875. The molecule has 0 amide bonds. The summed E-state index contributed by atoms with van der Waals surface area (Å²) >= 11 is 0. The summed E-state index contributed by atoms with van der Waals surface area (Å²) in [6, 6.07) is 3.70. The molecule has 1 unspecified atom stereocenters. The molecule has 98 valence electrons. The summed E-state index contributed by atoms with van der Waals surface area (Å²) in [4.78, 5) is 19.9. The summed E-state index contributed by atoms with van der Waals surface area (Å²) < 4.78 is 0. The summed E-state index contributed by atoms with van der Waals surface area (Å²) in [7, 11) is 0. The first-order valence-corrected chi connectivity index (χ1v) is 6.30. The van der Waals surface area contributed by atoms with Gasteiger partial charge in [0.15, 0.2) is 0 Å². The lowest BCUT2D eigenvalue weighted by atomic mass is 10.1. The monoisotopic (exact) mass is 249 g/mol. The van der Waals surface area contributed by atoms with E-state index in [9.17, 15) is 9.90 Å². The van der Waals surface area contributed by atoms with Gasteiger partial charge >= 0.3 is 5.97 Å². The largest absolute Gasteiger partial charge is 0.478 e. The maximum Gasteiger partial charge on any atom is 0.339 e. The fourth-order valence-corrected chi connectivity index (χ4v) is 2.47. The van der Waals surface area contributed by atoms with Gasteiger partial charge in [-0.1, -0.05) is 6.92 Å². The van der Waals surface area contributed by atoms with Crippen LogP contribution in [0.1, 0.15) is 24.2 Å². The fraction of sp³-hybridized carbons (Fsp3) is 0.538. The van der Waals surface area contributed by atoms with Crippen molar-refractivity contribution in [2.75, 3.05) is 31.1 Å². The van der Waals surface area contributed by atoms with Gasteiger partial charge in [-0.3, -0.25) is 4.90 Å². The third-order valence-corrected chi connectivity index (χ3v) is 3.49. The highest BCUT2D eigenvalue weighted by molar-refractivity contribution is 5.93. The third-order valence-electron chi connectivity index (χ3n) is 3.49. The van der Waals surface area contributed by atoms with Gasteiger partial charge in [-0.05, 0) is 25.6 Å². The molecule has 0 aliphatic carbocycles. The molecule has 18 heavy (non-hydrogen) atoms. The SMILES string of the molecule is CCN1CCN(c2ncccc2C(=O)O)CC1C. The first-order chi connectivity index (χ1) is 8.63. The second kappa shape index (κ2) is 5.35. The molecule has 0 spiro atoms. The average Bonchev–Trinajstić information content (AvgIpc) is 2.38. The molecule has 1 aliphatic heterocycles. The van der Waals surface area contributed by atoms with Gasteiger partial charge < -0.3 is 10.0 Å². The van der Waals surface area contributed by atoms with Crippen LogP contribution in [0.2, 0.25) is 0 Å². The second-order valence-corrected chi connectivity index (χ2v) is 4.60. The third kappa shape index (κ3) is 2.46. The van der Waals surface area contributed by atoms with E-state index in [2.05, 4.69) is 28.6 Å². The van der Waals surface area contributed by atoms with E-state index in [1.54, 1.807) is 18.3 Å². The number of carboxylic acid groups (broad SMARTS) is 1. The zero-order chi connectivity index (χ0) is 13.1. The molecular weight excluding hydrogens is 230 g/mol. The number of rotatable bonds is 3. The van der Waals surface area contributed by atoms with E-state index in [0.29, 0.717) is 11.9 Å². The van der Waals surface area contributed by atoms with Crippen LogP contribution in [0.25, 0.3) is 0 Å². The van der Waals surface area contributed by atoms with Crippen LogP contribution in [-0.2, 0) is 0 Å². The molecule has 1 atom stereocenters. The first kappa shape index (κ1) is 12.8. The number of hydrogen-bond donors (Lipinski definition) is 1. The van der Waals surface area contributed by atoms with Crippen LogP contribution in [0.15, 0.2) is 18.3 Å². The molecule has 1 aromatic rings. The Morgan fingerprint density at radius 2 is 2.33 bits per heavy atom. The van der Waals surface area contributed by atoms with Gasteiger partial charge in [-0.15, -0.1) is 0 Å². The van der Waals surface area contributed by atoms with E-state index >= 15 is 0 Å². The molecule has 1 saturated heterocycles. The van der Waals surface area contributed by atoms with Gasteiger partial charge in [0, 0.05) is 31.9 Å². The van der Waals surface area contributed by atoms with Crippen molar-refractivity contribution < 1.29 is 9.90 Å². The topological polar surface area (TPSA) is 56.7 Å². The van der Waals surface area contributed by atoms with Crippen LogP contribution in [0.5, 0.6) is 0 Å². The van der Waals surface area contributed by atoms with Crippen LogP contribution >= 0.6 is 0 Å². The standard InChI is InChI=1S/C13H19N3O2/c1-3-15-7-8-16(9-10(15)2)12-11(13(17)18)5-4-6-14-12/h4-6,10H,3,7-9H2,1-2H3,(H,17,18). The Morgan fingerprint density at radius 3 is 2.94 bits per heavy atom. The summed E-state index contributed by atoms with van der Waals surface area (Å²) in [6.07, 6.45) is 1.65. The highest BCUT2D eigenvalue weighted by Gasteiger charge is 2.25. The van der Waals surface area contributed by atoms with Crippen molar-refractivity contribution in [3.63, 3.8) is 0 Å². The predicted molar refractivity (Wildman–Crippen MR) is 70.1 cm³/mol. The molecule has 0 bridgehead atoms. The normalized spacial score (nSPS) is 21.0. The summed E-state index contributed by atoms with van der Waals surface area (Å²) in [6.45, 7) is 7.95. The van der Waals surface area contributed by atoms with E-state index < -0.39 is 5.97 Å². The van der Waals surface area contributed by atoms with Crippen molar-refractivity contribution in [1.82, 2.24) is 9.88 Å². The minimum absolute atomic E-state index is 0.287. The van der Waals surface area contributed by atoms with Gasteiger partial charge in [-0.25, -0.2) is 9.78 Å². The van der Waals surface area contributed by atoms with Crippen LogP contribution < -0.4 is 4.90 Å². The molecule has 1 aromatic heterocycles. The number of aromatic carboxylic acids is 1. The molecule has 0 radical (unpaired) electrons. The number of hydrogen-bond acceptors (Lipinski definition) is 4. The number of carbonyl (C=O) groups is 1. The lowest BCUT2D eigenvalue weighted by Gasteiger charge is -2.40.